The number of imide groups is 1. The van der Waals surface area contributed by atoms with Gasteiger partial charge in [-0.15, -0.1) is 0 Å². The molecule has 1 fully saturated rings. The zero-order chi connectivity index (χ0) is 16.8. The molecular weight excluding hydrogens is 292 g/mol. The number of anilines is 1. The van der Waals surface area contributed by atoms with Crippen LogP contribution in [-0.2, 0) is 9.53 Å². The van der Waals surface area contributed by atoms with Crippen LogP contribution >= 0.6 is 0 Å². The molecule has 0 N–H and O–H groups in total. The molecule has 0 saturated carbocycles. The molecule has 0 bridgehead atoms. The second-order valence-electron chi connectivity index (χ2n) is 7.44. The SMILES string of the molecule is CN1CC2CCN(C(=O)OC(C)(C)C)C(=O)C2c2ccccc21. The zero-order valence-corrected chi connectivity index (χ0v) is 14.2. The molecule has 1 aromatic rings. The average Bonchev–Trinajstić information content (AvgIpc) is 2.45. The van der Waals surface area contributed by atoms with Crippen molar-refractivity contribution < 1.29 is 14.3 Å². The van der Waals surface area contributed by atoms with E-state index in [-0.39, 0.29) is 17.7 Å². The monoisotopic (exact) mass is 316 g/mol. The molecule has 3 rings (SSSR count). The number of benzene rings is 1. The van der Waals surface area contributed by atoms with Gasteiger partial charge in [-0.1, -0.05) is 18.2 Å². The maximum atomic E-state index is 13.0. The number of para-hydroxylation sites is 1. The summed E-state index contributed by atoms with van der Waals surface area (Å²) in [6, 6.07) is 7.97. The fraction of sp³-hybridized carbons (Fsp3) is 0.556. The number of likely N-dealkylation sites (tertiary alicyclic amines) is 1. The lowest BCUT2D eigenvalue weighted by Gasteiger charge is -2.44. The predicted molar refractivity (Wildman–Crippen MR) is 88.5 cm³/mol. The van der Waals surface area contributed by atoms with Crippen molar-refractivity contribution in [1.29, 1.82) is 0 Å². The Labute approximate surface area is 137 Å². The summed E-state index contributed by atoms with van der Waals surface area (Å²) < 4.78 is 5.39. The van der Waals surface area contributed by atoms with E-state index in [2.05, 4.69) is 11.9 Å². The number of ether oxygens (including phenoxy) is 1. The summed E-state index contributed by atoms with van der Waals surface area (Å²) in [5, 5.41) is 0. The summed E-state index contributed by atoms with van der Waals surface area (Å²) in [5.41, 5.74) is 1.50. The van der Waals surface area contributed by atoms with Gasteiger partial charge in [0.1, 0.15) is 5.60 Å². The van der Waals surface area contributed by atoms with E-state index in [1.165, 1.54) is 4.90 Å². The number of nitrogens with zero attached hydrogens (tertiary/aromatic N) is 2. The van der Waals surface area contributed by atoms with Crippen molar-refractivity contribution in [2.45, 2.75) is 38.7 Å². The molecule has 0 radical (unpaired) electrons. The molecular formula is C18H24N2O3. The first-order valence-electron chi connectivity index (χ1n) is 8.12. The van der Waals surface area contributed by atoms with Gasteiger partial charge in [0, 0.05) is 25.8 Å². The molecule has 2 heterocycles. The Kier molecular flexibility index (Phi) is 3.82. The Morgan fingerprint density at radius 3 is 2.65 bits per heavy atom. The van der Waals surface area contributed by atoms with Gasteiger partial charge < -0.3 is 9.64 Å². The Balaban J connectivity index is 1.89. The highest BCUT2D eigenvalue weighted by molar-refractivity contribution is 5.98. The quantitative estimate of drug-likeness (QED) is 0.738. The first-order valence-corrected chi connectivity index (χ1v) is 8.12. The maximum absolute atomic E-state index is 13.0. The van der Waals surface area contributed by atoms with Crippen LogP contribution in [-0.4, -0.2) is 42.6 Å². The van der Waals surface area contributed by atoms with E-state index in [1.54, 1.807) is 0 Å². The Hall–Kier alpha value is -2.04. The van der Waals surface area contributed by atoms with E-state index in [4.69, 9.17) is 4.74 Å². The highest BCUT2D eigenvalue weighted by Gasteiger charge is 2.44. The number of carbonyl (C=O) groups is 2. The number of hydrogen-bond acceptors (Lipinski definition) is 4. The summed E-state index contributed by atoms with van der Waals surface area (Å²) in [7, 11) is 2.06. The van der Waals surface area contributed by atoms with Gasteiger partial charge in [0.15, 0.2) is 0 Å². The largest absolute Gasteiger partial charge is 0.443 e. The van der Waals surface area contributed by atoms with Crippen LogP contribution in [0, 0.1) is 5.92 Å². The maximum Gasteiger partial charge on any atom is 0.417 e. The highest BCUT2D eigenvalue weighted by Crippen LogP contribution is 2.42. The van der Waals surface area contributed by atoms with Crippen LogP contribution in [0.4, 0.5) is 10.5 Å². The number of hydrogen-bond donors (Lipinski definition) is 0. The van der Waals surface area contributed by atoms with E-state index >= 15 is 0 Å². The lowest BCUT2D eigenvalue weighted by molar-refractivity contribution is -0.136. The lowest BCUT2D eigenvalue weighted by atomic mass is 9.76. The molecule has 0 spiro atoms. The molecule has 124 valence electrons. The minimum atomic E-state index is -0.598. The zero-order valence-electron chi connectivity index (χ0n) is 14.2. The fourth-order valence-electron chi connectivity index (χ4n) is 3.57. The minimum Gasteiger partial charge on any atom is -0.443 e. The second kappa shape index (κ2) is 5.55. The first-order chi connectivity index (χ1) is 10.8. The minimum absolute atomic E-state index is 0.129. The average molecular weight is 316 g/mol. The van der Waals surface area contributed by atoms with E-state index in [0.29, 0.717) is 6.54 Å². The molecule has 1 saturated heterocycles. The van der Waals surface area contributed by atoms with Crippen LogP contribution in [0.3, 0.4) is 0 Å². The third-order valence-electron chi connectivity index (χ3n) is 4.53. The molecule has 0 aromatic heterocycles. The summed E-state index contributed by atoms with van der Waals surface area (Å²) >= 11 is 0. The first kappa shape index (κ1) is 15.8. The molecule has 0 aliphatic carbocycles. The van der Waals surface area contributed by atoms with Crippen LogP contribution in [0.1, 0.15) is 38.7 Å². The second-order valence-corrected chi connectivity index (χ2v) is 7.44. The van der Waals surface area contributed by atoms with Crippen LogP contribution in [0.15, 0.2) is 24.3 Å². The number of piperidine rings is 1. The summed E-state index contributed by atoms with van der Waals surface area (Å²) in [6.07, 6.45) is 0.284. The molecule has 2 aliphatic heterocycles. The van der Waals surface area contributed by atoms with Gasteiger partial charge in [0.2, 0.25) is 5.91 Å². The number of rotatable bonds is 0. The highest BCUT2D eigenvalue weighted by atomic mass is 16.6. The van der Waals surface area contributed by atoms with Crippen LogP contribution in [0.25, 0.3) is 0 Å². The van der Waals surface area contributed by atoms with Crippen molar-refractivity contribution >= 4 is 17.7 Å². The van der Waals surface area contributed by atoms with Crippen LogP contribution in [0.5, 0.6) is 0 Å². The van der Waals surface area contributed by atoms with Crippen molar-refractivity contribution in [3.8, 4) is 0 Å². The van der Waals surface area contributed by atoms with Crippen molar-refractivity contribution in [1.82, 2.24) is 4.90 Å². The van der Waals surface area contributed by atoms with Gasteiger partial charge in [0.25, 0.3) is 0 Å². The third-order valence-corrected chi connectivity index (χ3v) is 4.53. The smallest absolute Gasteiger partial charge is 0.417 e. The Morgan fingerprint density at radius 2 is 1.96 bits per heavy atom. The lowest BCUT2D eigenvalue weighted by Crippen LogP contribution is -2.52. The normalized spacial score (nSPS) is 24.1. The number of fused-ring (bicyclic) bond motifs is 3. The third kappa shape index (κ3) is 2.92. The van der Waals surface area contributed by atoms with Gasteiger partial charge in [-0.05, 0) is 44.7 Å². The van der Waals surface area contributed by atoms with Gasteiger partial charge >= 0.3 is 6.09 Å². The molecule has 2 aliphatic rings. The predicted octanol–water partition coefficient (Wildman–Crippen LogP) is 3.00. The molecule has 1 aromatic carbocycles. The molecule has 5 nitrogen and oxygen atoms in total. The molecule has 2 unspecified atom stereocenters. The standard InChI is InChI=1S/C18H24N2O3/c1-18(2,3)23-17(22)20-10-9-12-11-19(4)14-8-6-5-7-13(14)15(12)16(20)21/h5-8,12,15H,9-11H2,1-4H3. The van der Waals surface area contributed by atoms with Gasteiger partial charge in [-0.3, -0.25) is 4.79 Å². The fourth-order valence-corrected chi connectivity index (χ4v) is 3.57. The molecule has 5 heteroatoms. The Morgan fingerprint density at radius 1 is 1.26 bits per heavy atom. The molecule has 23 heavy (non-hydrogen) atoms. The van der Waals surface area contributed by atoms with E-state index < -0.39 is 11.7 Å². The van der Waals surface area contributed by atoms with Crippen molar-refractivity contribution in [3.63, 3.8) is 0 Å². The van der Waals surface area contributed by atoms with Gasteiger partial charge in [-0.2, -0.15) is 0 Å². The van der Waals surface area contributed by atoms with Crippen molar-refractivity contribution in [2.24, 2.45) is 5.92 Å². The van der Waals surface area contributed by atoms with Crippen LogP contribution < -0.4 is 4.90 Å². The van der Waals surface area contributed by atoms with Crippen molar-refractivity contribution in [2.75, 3.05) is 25.0 Å². The van der Waals surface area contributed by atoms with Crippen molar-refractivity contribution in [3.05, 3.63) is 29.8 Å². The summed E-state index contributed by atoms with van der Waals surface area (Å²) in [4.78, 5) is 28.8. The molecule has 2 amide bonds. The van der Waals surface area contributed by atoms with Gasteiger partial charge in [-0.25, -0.2) is 9.69 Å². The number of amides is 2. The summed E-state index contributed by atoms with van der Waals surface area (Å²) in [5.74, 6) is -0.124. The Bertz CT molecular complexity index is 635. The van der Waals surface area contributed by atoms with E-state index in [0.717, 1.165) is 24.2 Å². The van der Waals surface area contributed by atoms with E-state index in [9.17, 15) is 9.59 Å². The van der Waals surface area contributed by atoms with Crippen LogP contribution in [0.2, 0.25) is 0 Å². The number of carbonyl (C=O) groups excluding carboxylic acids is 2. The summed E-state index contributed by atoms with van der Waals surface area (Å²) in [6.45, 7) is 6.72. The topological polar surface area (TPSA) is 49.9 Å². The van der Waals surface area contributed by atoms with E-state index in [1.807, 2.05) is 45.0 Å². The van der Waals surface area contributed by atoms with Gasteiger partial charge in [0.05, 0.1) is 5.92 Å². The molecule has 2 atom stereocenters.